The van der Waals surface area contributed by atoms with E-state index in [1.807, 2.05) is 0 Å². The van der Waals surface area contributed by atoms with E-state index in [1.54, 1.807) is 0 Å². The minimum Gasteiger partial charge on any atom is -0.371 e. The Bertz CT molecular complexity index is 357. The van der Waals surface area contributed by atoms with Crippen LogP contribution in [0.4, 0.5) is 5.69 Å². The zero-order valence-corrected chi connectivity index (χ0v) is 11.5. The number of piperidine rings is 1. The summed E-state index contributed by atoms with van der Waals surface area (Å²) in [5, 5.41) is 3.37. The fourth-order valence-corrected chi connectivity index (χ4v) is 2.86. The summed E-state index contributed by atoms with van der Waals surface area (Å²) in [7, 11) is 2.06. The molecule has 0 amide bonds. The van der Waals surface area contributed by atoms with Crippen LogP contribution in [-0.4, -0.2) is 26.2 Å². The summed E-state index contributed by atoms with van der Waals surface area (Å²) in [6.07, 6.45) is 2.48. The van der Waals surface area contributed by atoms with Gasteiger partial charge in [-0.25, -0.2) is 0 Å². The first-order chi connectivity index (χ1) is 7.70. The van der Waals surface area contributed by atoms with Crippen LogP contribution in [0.2, 0.25) is 0 Å². The molecule has 0 saturated carbocycles. The minimum absolute atomic E-state index is 0.701. The van der Waals surface area contributed by atoms with Crippen molar-refractivity contribution >= 4 is 21.6 Å². The molecule has 1 aromatic carbocycles. The molecule has 2 nitrogen and oxygen atoms in total. The monoisotopic (exact) mass is 282 g/mol. The largest absolute Gasteiger partial charge is 0.371 e. The highest BCUT2D eigenvalue weighted by Gasteiger charge is 2.18. The fourth-order valence-electron chi connectivity index (χ4n) is 2.38. The average Bonchev–Trinajstić information content (AvgIpc) is 2.29. The molecule has 1 saturated heterocycles. The summed E-state index contributed by atoms with van der Waals surface area (Å²) < 4.78 is 1.17. The molecule has 3 heteroatoms. The van der Waals surface area contributed by atoms with Crippen molar-refractivity contribution in [3.05, 3.63) is 28.2 Å². The molecular weight excluding hydrogens is 264 g/mol. The molecule has 0 atom stereocenters. The van der Waals surface area contributed by atoms with Crippen molar-refractivity contribution in [2.45, 2.75) is 25.8 Å². The highest BCUT2D eigenvalue weighted by molar-refractivity contribution is 9.10. The predicted octanol–water partition coefficient (Wildman–Crippen LogP) is 2.95. The van der Waals surface area contributed by atoms with Gasteiger partial charge in [0.15, 0.2) is 0 Å². The zero-order chi connectivity index (χ0) is 11.5. The first-order valence-electron chi connectivity index (χ1n) is 5.89. The van der Waals surface area contributed by atoms with Crippen LogP contribution in [0.5, 0.6) is 0 Å². The molecule has 1 aromatic rings. The summed E-state index contributed by atoms with van der Waals surface area (Å²) >= 11 is 3.51. The Morgan fingerprint density at radius 2 is 2.00 bits per heavy atom. The van der Waals surface area contributed by atoms with Gasteiger partial charge < -0.3 is 10.2 Å². The lowest BCUT2D eigenvalue weighted by Crippen LogP contribution is -2.41. The Labute approximate surface area is 106 Å². The maximum Gasteiger partial charge on any atom is 0.0396 e. The second-order valence-electron chi connectivity index (χ2n) is 4.48. The molecule has 0 spiro atoms. The number of halogens is 1. The number of nitrogens with zero attached hydrogens (tertiary/aromatic N) is 1. The number of anilines is 1. The van der Waals surface area contributed by atoms with Gasteiger partial charge in [0, 0.05) is 29.3 Å². The van der Waals surface area contributed by atoms with E-state index in [4.69, 9.17) is 0 Å². The van der Waals surface area contributed by atoms with E-state index in [0.29, 0.717) is 6.04 Å². The molecule has 1 aliphatic heterocycles. The van der Waals surface area contributed by atoms with E-state index in [9.17, 15) is 0 Å². The Morgan fingerprint density at radius 1 is 1.31 bits per heavy atom. The number of hydrogen-bond acceptors (Lipinski definition) is 2. The van der Waals surface area contributed by atoms with Gasteiger partial charge >= 0.3 is 0 Å². The highest BCUT2D eigenvalue weighted by Crippen LogP contribution is 2.26. The van der Waals surface area contributed by atoms with Gasteiger partial charge in [-0.15, -0.1) is 0 Å². The Balaban J connectivity index is 2.08. The van der Waals surface area contributed by atoms with E-state index in [1.165, 1.54) is 28.6 Å². The van der Waals surface area contributed by atoms with E-state index in [2.05, 4.69) is 58.3 Å². The molecule has 1 aliphatic rings. The van der Waals surface area contributed by atoms with Crippen LogP contribution in [0.15, 0.2) is 22.7 Å². The van der Waals surface area contributed by atoms with E-state index in [0.717, 1.165) is 13.1 Å². The third-order valence-electron chi connectivity index (χ3n) is 3.40. The van der Waals surface area contributed by atoms with Crippen LogP contribution in [0.3, 0.4) is 0 Å². The van der Waals surface area contributed by atoms with E-state index in [-0.39, 0.29) is 0 Å². The van der Waals surface area contributed by atoms with Crippen LogP contribution < -0.4 is 10.2 Å². The second-order valence-corrected chi connectivity index (χ2v) is 5.40. The van der Waals surface area contributed by atoms with Crippen molar-refractivity contribution in [3.8, 4) is 0 Å². The van der Waals surface area contributed by atoms with Crippen molar-refractivity contribution in [1.29, 1.82) is 0 Å². The zero-order valence-electron chi connectivity index (χ0n) is 9.96. The van der Waals surface area contributed by atoms with Crippen LogP contribution in [-0.2, 0) is 0 Å². The highest BCUT2D eigenvalue weighted by atomic mass is 79.9. The van der Waals surface area contributed by atoms with Gasteiger partial charge in [-0.3, -0.25) is 0 Å². The Morgan fingerprint density at radius 3 is 2.56 bits per heavy atom. The molecule has 1 N–H and O–H groups in total. The Hall–Kier alpha value is -0.540. The second kappa shape index (κ2) is 5.19. The summed E-state index contributed by atoms with van der Waals surface area (Å²) in [5.41, 5.74) is 2.75. The van der Waals surface area contributed by atoms with Crippen LogP contribution in [0, 0.1) is 6.92 Å². The molecule has 88 valence electrons. The Kier molecular flexibility index (Phi) is 3.87. The van der Waals surface area contributed by atoms with Crippen molar-refractivity contribution in [3.63, 3.8) is 0 Å². The predicted molar refractivity (Wildman–Crippen MR) is 73.2 cm³/mol. The number of aryl methyl sites for hydroxylation is 1. The smallest absolute Gasteiger partial charge is 0.0396 e. The van der Waals surface area contributed by atoms with Gasteiger partial charge in [0.2, 0.25) is 0 Å². The van der Waals surface area contributed by atoms with Crippen molar-refractivity contribution in [1.82, 2.24) is 5.32 Å². The van der Waals surface area contributed by atoms with Crippen molar-refractivity contribution < 1.29 is 0 Å². The maximum absolute atomic E-state index is 3.51. The lowest BCUT2D eigenvalue weighted by molar-refractivity contribution is 0.442. The molecule has 1 fully saturated rings. The maximum atomic E-state index is 3.51. The van der Waals surface area contributed by atoms with Gasteiger partial charge in [-0.05, 0) is 50.6 Å². The normalized spacial score (nSPS) is 17.8. The van der Waals surface area contributed by atoms with Gasteiger partial charge in [0.1, 0.15) is 0 Å². The lowest BCUT2D eigenvalue weighted by Gasteiger charge is -2.34. The number of benzene rings is 1. The number of hydrogen-bond donors (Lipinski definition) is 1. The topological polar surface area (TPSA) is 15.3 Å². The standard InChI is InChI=1S/C13H19BrN2/c1-10-9-11(14)3-4-13(10)16-7-5-12(15-2)6-8-16/h3-4,9,12,15H,5-8H2,1-2H3. The molecule has 0 aromatic heterocycles. The SMILES string of the molecule is CNC1CCN(c2ccc(Br)cc2C)CC1. The summed E-state index contributed by atoms with van der Waals surface area (Å²) in [6.45, 7) is 4.51. The molecule has 0 bridgehead atoms. The summed E-state index contributed by atoms with van der Waals surface area (Å²) in [4.78, 5) is 2.50. The third kappa shape index (κ3) is 2.58. The third-order valence-corrected chi connectivity index (χ3v) is 3.90. The molecule has 0 aliphatic carbocycles. The first-order valence-corrected chi connectivity index (χ1v) is 6.68. The summed E-state index contributed by atoms with van der Waals surface area (Å²) in [6, 6.07) is 7.25. The molecule has 0 unspecified atom stereocenters. The quantitative estimate of drug-likeness (QED) is 0.897. The minimum atomic E-state index is 0.701. The molecule has 1 heterocycles. The van der Waals surface area contributed by atoms with Crippen molar-refractivity contribution in [2.24, 2.45) is 0 Å². The molecule has 16 heavy (non-hydrogen) atoms. The number of nitrogens with one attached hydrogen (secondary N) is 1. The van der Waals surface area contributed by atoms with Gasteiger partial charge in [0.05, 0.1) is 0 Å². The average molecular weight is 283 g/mol. The van der Waals surface area contributed by atoms with E-state index >= 15 is 0 Å². The molecular formula is C13H19BrN2. The van der Waals surface area contributed by atoms with Crippen molar-refractivity contribution in [2.75, 3.05) is 25.0 Å². The van der Waals surface area contributed by atoms with Gasteiger partial charge in [-0.1, -0.05) is 15.9 Å². The summed E-state index contributed by atoms with van der Waals surface area (Å²) in [5.74, 6) is 0. The van der Waals surface area contributed by atoms with Crippen LogP contribution in [0.1, 0.15) is 18.4 Å². The van der Waals surface area contributed by atoms with E-state index < -0.39 is 0 Å². The van der Waals surface area contributed by atoms with Crippen LogP contribution in [0.25, 0.3) is 0 Å². The number of rotatable bonds is 2. The van der Waals surface area contributed by atoms with Gasteiger partial charge in [-0.2, -0.15) is 0 Å². The lowest BCUT2D eigenvalue weighted by atomic mass is 10.0. The first kappa shape index (κ1) is 11.9. The van der Waals surface area contributed by atoms with Crippen LogP contribution >= 0.6 is 15.9 Å². The molecule has 0 radical (unpaired) electrons. The fraction of sp³-hybridized carbons (Fsp3) is 0.538. The molecule has 2 rings (SSSR count). The van der Waals surface area contributed by atoms with Gasteiger partial charge in [0.25, 0.3) is 0 Å².